The molecule has 3 aromatic carbocycles. The first-order chi connectivity index (χ1) is 16.0. The Hall–Kier alpha value is -4.10. The van der Waals surface area contributed by atoms with Gasteiger partial charge in [0.1, 0.15) is 23.8 Å². The summed E-state index contributed by atoms with van der Waals surface area (Å²) in [5, 5.41) is 13.0. The van der Waals surface area contributed by atoms with Gasteiger partial charge < -0.3 is 19.9 Å². The first kappa shape index (κ1) is 22.1. The highest BCUT2D eigenvalue weighted by Gasteiger charge is 2.15. The monoisotopic (exact) mass is 459 g/mol. The van der Waals surface area contributed by atoms with Crippen LogP contribution in [0.5, 0.6) is 11.5 Å². The van der Waals surface area contributed by atoms with E-state index in [0.29, 0.717) is 22.8 Å². The van der Waals surface area contributed by atoms with E-state index in [9.17, 15) is 14.7 Å². The van der Waals surface area contributed by atoms with Gasteiger partial charge in [-0.3, -0.25) is 4.79 Å². The molecule has 2 N–H and O–H groups in total. The third kappa shape index (κ3) is 5.58. The topological polar surface area (TPSA) is 84.9 Å². The van der Waals surface area contributed by atoms with Crippen LogP contribution in [0, 0.1) is 0 Å². The fourth-order valence-corrected chi connectivity index (χ4v) is 4.14. The number of fused-ring (bicyclic) bond motifs is 1. The van der Waals surface area contributed by atoms with Crippen LogP contribution in [0.25, 0.3) is 16.2 Å². The molecule has 0 fully saturated rings. The van der Waals surface area contributed by atoms with E-state index in [0.717, 1.165) is 21.4 Å². The van der Waals surface area contributed by atoms with Crippen molar-refractivity contribution in [3.05, 3.63) is 101 Å². The van der Waals surface area contributed by atoms with Gasteiger partial charge >= 0.3 is 5.97 Å². The molecule has 0 spiro atoms. The highest BCUT2D eigenvalue weighted by atomic mass is 32.1. The number of hydrogen-bond donors (Lipinski definition) is 2. The number of carboxylic acid groups (broad SMARTS) is 1. The lowest BCUT2D eigenvalue weighted by Crippen LogP contribution is -2.26. The number of benzene rings is 3. The molecule has 1 heterocycles. The molecule has 0 saturated carbocycles. The lowest BCUT2D eigenvalue weighted by molar-refractivity contribution is -0.132. The van der Waals surface area contributed by atoms with Crippen molar-refractivity contribution >= 4 is 39.4 Å². The van der Waals surface area contributed by atoms with E-state index < -0.39 is 11.9 Å². The first-order valence-corrected chi connectivity index (χ1v) is 10.9. The van der Waals surface area contributed by atoms with Gasteiger partial charge in [-0.15, -0.1) is 11.3 Å². The summed E-state index contributed by atoms with van der Waals surface area (Å²) in [5.41, 5.74) is 1.38. The Kier molecular flexibility index (Phi) is 6.71. The summed E-state index contributed by atoms with van der Waals surface area (Å²) in [7, 11) is 1.61. The van der Waals surface area contributed by atoms with Gasteiger partial charge in [0.15, 0.2) is 0 Å². The summed E-state index contributed by atoms with van der Waals surface area (Å²) in [5.74, 6) is -0.275. The van der Waals surface area contributed by atoms with Crippen LogP contribution in [0.2, 0.25) is 0 Å². The van der Waals surface area contributed by atoms with Crippen LogP contribution in [0.1, 0.15) is 20.8 Å². The minimum Gasteiger partial charge on any atom is -0.497 e. The molecule has 4 aromatic rings. The molecule has 0 saturated heterocycles. The minimum atomic E-state index is -1.22. The number of carboxylic acids is 1. The lowest BCUT2D eigenvalue weighted by atomic mass is 10.1. The number of thiophene rings is 1. The highest BCUT2D eigenvalue weighted by molar-refractivity contribution is 7.20. The summed E-state index contributed by atoms with van der Waals surface area (Å²) in [4.78, 5) is 24.8. The van der Waals surface area contributed by atoms with E-state index in [-0.39, 0.29) is 5.70 Å². The molecule has 6 nitrogen and oxygen atoms in total. The molecule has 1 amide bonds. The molecule has 0 unspecified atom stereocenters. The fraction of sp³-hybridized carbons (Fsp3) is 0.0769. The van der Waals surface area contributed by atoms with E-state index in [4.69, 9.17) is 9.47 Å². The maximum Gasteiger partial charge on any atom is 0.352 e. The standard InChI is InChI=1S/C26H21NO5S/c1-31-21-7-4-5-18(13-21)16-32-20-11-9-17(10-12-20)14-22(26(29)30)27-25(28)24-15-19-6-2-3-8-23(19)33-24/h2-15H,16H2,1H3,(H,27,28)(H,29,30)/b22-14+. The second kappa shape index (κ2) is 10.0. The molecule has 166 valence electrons. The van der Waals surface area contributed by atoms with Crippen molar-refractivity contribution in [2.24, 2.45) is 0 Å². The van der Waals surface area contributed by atoms with Crippen molar-refractivity contribution in [1.29, 1.82) is 0 Å². The summed E-state index contributed by atoms with van der Waals surface area (Å²) in [6.07, 6.45) is 1.42. The predicted molar refractivity (Wildman–Crippen MR) is 129 cm³/mol. The molecular formula is C26H21NO5S. The molecule has 4 rings (SSSR count). The van der Waals surface area contributed by atoms with Crippen molar-refractivity contribution in [2.45, 2.75) is 6.61 Å². The Morgan fingerprint density at radius 3 is 2.48 bits per heavy atom. The molecular weight excluding hydrogens is 438 g/mol. The largest absolute Gasteiger partial charge is 0.497 e. The third-order valence-electron chi connectivity index (χ3n) is 4.86. The van der Waals surface area contributed by atoms with E-state index in [2.05, 4.69) is 5.32 Å². The first-order valence-electron chi connectivity index (χ1n) is 10.1. The predicted octanol–water partition coefficient (Wildman–Crippen LogP) is 5.34. The van der Waals surface area contributed by atoms with Gasteiger partial charge in [-0.05, 0) is 59.0 Å². The van der Waals surface area contributed by atoms with Gasteiger partial charge in [0.25, 0.3) is 5.91 Å². The average molecular weight is 460 g/mol. The summed E-state index contributed by atoms with van der Waals surface area (Å²) in [6.45, 7) is 0.373. The number of hydrogen-bond acceptors (Lipinski definition) is 5. The number of aliphatic carboxylic acids is 1. The Bertz CT molecular complexity index is 1290. The maximum absolute atomic E-state index is 12.6. The van der Waals surface area contributed by atoms with Crippen LogP contribution in [0.3, 0.4) is 0 Å². The average Bonchev–Trinajstić information content (AvgIpc) is 3.28. The Labute approximate surface area is 194 Å². The number of amides is 1. The van der Waals surface area contributed by atoms with E-state index in [1.165, 1.54) is 17.4 Å². The maximum atomic E-state index is 12.6. The van der Waals surface area contributed by atoms with Crippen molar-refractivity contribution < 1.29 is 24.2 Å². The van der Waals surface area contributed by atoms with Gasteiger partial charge in [0.05, 0.1) is 12.0 Å². The Balaban J connectivity index is 1.43. The molecule has 0 aliphatic carbocycles. The molecule has 0 aliphatic rings. The zero-order valence-corrected chi connectivity index (χ0v) is 18.6. The van der Waals surface area contributed by atoms with E-state index in [1.807, 2.05) is 48.5 Å². The van der Waals surface area contributed by atoms with Crippen molar-refractivity contribution in [3.8, 4) is 11.5 Å². The molecule has 1 aromatic heterocycles. The van der Waals surface area contributed by atoms with Gasteiger partial charge in [-0.1, -0.05) is 42.5 Å². The normalized spacial score (nSPS) is 11.2. The molecule has 0 aliphatic heterocycles. The minimum absolute atomic E-state index is 0.206. The molecule has 7 heteroatoms. The smallest absolute Gasteiger partial charge is 0.352 e. The van der Waals surface area contributed by atoms with Crippen LogP contribution in [0.15, 0.2) is 84.6 Å². The number of nitrogens with one attached hydrogen (secondary N) is 1. The van der Waals surface area contributed by atoms with Gasteiger partial charge in [0.2, 0.25) is 0 Å². The number of ether oxygens (including phenoxy) is 2. The number of carbonyl (C=O) groups is 2. The van der Waals surface area contributed by atoms with Gasteiger partial charge in [-0.25, -0.2) is 4.79 Å². The van der Waals surface area contributed by atoms with Crippen molar-refractivity contribution in [1.82, 2.24) is 5.32 Å². The van der Waals surface area contributed by atoms with Crippen LogP contribution < -0.4 is 14.8 Å². The van der Waals surface area contributed by atoms with E-state index in [1.54, 1.807) is 37.4 Å². The quantitative estimate of drug-likeness (QED) is 0.347. The summed E-state index contributed by atoms with van der Waals surface area (Å²) in [6, 6.07) is 23.9. The highest BCUT2D eigenvalue weighted by Crippen LogP contribution is 2.25. The number of methoxy groups -OCH3 is 1. The fourth-order valence-electron chi connectivity index (χ4n) is 3.18. The second-order valence-electron chi connectivity index (χ2n) is 7.18. The van der Waals surface area contributed by atoms with Crippen LogP contribution in [-0.2, 0) is 11.4 Å². The summed E-state index contributed by atoms with van der Waals surface area (Å²) >= 11 is 1.32. The lowest BCUT2D eigenvalue weighted by Gasteiger charge is -2.08. The van der Waals surface area contributed by atoms with Crippen LogP contribution >= 0.6 is 11.3 Å². The van der Waals surface area contributed by atoms with Crippen LogP contribution in [0.4, 0.5) is 0 Å². The molecule has 0 atom stereocenters. The molecule has 33 heavy (non-hydrogen) atoms. The summed E-state index contributed by atoms with van der Waals surface area (Å²) < 4.78 is 12.0. The zero-order valence-electron chi connectivity index (χ0n) is 17.8. The van der Waals surface area contributed by atoms with Crippen molar-refractivity contribution in [3.63, 3.8) is 0 Å². The number of carbonyl (C=O) groups excluding carboxylic acids is 1. The van der Waals surface area contributed by atoms with Gasteiger partial charge in [-0.2, -0.15) is 0 Å². The number of rotatable bonds is 8. The Morgan fingerprint density at radius 2 is 1.76 bits per heavy atom. The molecule has 0 radical (unpaired) electrons. The SMILES string of the molecule is COc1cccc(COc2ccc(/C=C(/NC(=O)c3cc4ccccc4s3)C(=O)O)cc2)c1. The second-order valence-corrected chi connectivity index (χ2v) is 8.26. The van der Waals surface area contributed by atoms with Gasteiger partial charge in [0, 0.05) is 4.70 Å². The van der Waals surface area contributed by atoms with E-state index >= 15 is 0 Å². The molecule has 0 bridgehead atoms. The zero-order chi connectivity index (χ0) is 23.2. The third-order valence-corrected chi connectivity index (χ3v) is 5.97. The van der Waals surface area contributed by atoms with Crippen LogP contribution in [-0.4, -0.2) is 24.1 Å². The Morgan fingerprint density at radius 1 is 0.970 bits per heavy atom. The van der Waals surface area contributed by atoms with Crippen molar-refractivity contribution in [2.75, 3.05) is 7.11 Å².